The maximum absolute atomic E-state index is 6.06. The van der Waals surface area contributed by atoms with E-state index < -0.39 is 16.6 Å². The van der Waals surface area contributed by atoms with Crippen LogP contribution in [0.4, 0.5) is 0 Å². The lowest BCUT2D eigenvalue weighted by atomic mass is 10.6. The number of hydrogen-bond donors (Lipinski definition) is 0. The third kappa shape index (κ3) is 7.33. The number of rotatable bonds is 10. The lowest BCUT2D eigenvalue weighted by molar-refractivity contribution is 0.187. The molecule has 0 fully saturated rings. The molecule has 0 radical (unpaired) electrons. The van der Waals surface area contributed by atoms with Crippen LogP contribution < -0.4 is 0 Å². The molecule has 1 unspecified atom stereocenters. The lowest BCUT2D eigenvalue weighted by Crippen LogP contribution is -2.50. The van der Waals surface area contributed by atoms with Gasteiger partial charge in [-0.05, 0) is 32.6 Å². The molecule has 0 aromatic heterocycles. The van der Waals surface area contributed by atoms with Gasteiger partial charge in [0.25, 0.3) is 0 Å². The SMILES string of the molecule is CCO[Si](C)(OCC)C(CC[Si](C)(C)C)SCC. The summed E-state index contributed by atoms with van der Waals surface area (Å²) in [6.07, 6.45) is 1.26. The minimum Gasteiger partial charge on any atom is -0.394 e. The maximum Gasteiger partial charge on any atom is 0.348 e. The third-order valence-corrected chi connectivity index (χ3v) is 10.7. The van der Waals surface area contributed by atoms with Crippen molar-refractivity contribution >= 4 is 28.4 Å². The highest BCUT2D eigenvalue weighted by Gasteiger charge is 2.41. The van der Waals surface area contributed by atoms with E-state index in [1.54, 1.807) is 0 Å². The van der Waals surface area contributed by atoms with Crippen molar-refractivity contribution in [2.45, 2.75) is 64.3 Å². The molecule has 0 heterocycles. The second kappa shape index (κ2) is 8.79. The van der Waals surface area contributed by atoms with Crippen molar-refractivity contribution < 1.29 is 8.85 Å². The van der Waals surface area contributed by atoms with Crippen LogP contribution in [0.5, 0.6) is 0 Å². The topological polar surface area (TPSA) is 18.5 Å². The zero-order valence-corrected chi connectivity index (χ0v) is 16.2. The summed E-state index contributed by atoms with van der Waals surface area (Å²) in [4.78, 5) is 0.578. The molecule has 0 N–H and O–H groups in total. The number of hydrogen-bond acceptors (Lipinski definition) is 3. The zero-order valence-electron chi connectivity index (χ0n) is 13.3. The van der Waals surface area contributed by atoms with E-state index in [9.17, 15) is 0 Å². The molecule has 0 aliphatic rings. The Kier molecular flexibility index (Phi) is 9.14. The minimum atomic E-state index is -2.01. The Balaban J connectivity index is 4.68. The van der Waals surface area contributed by atoms with E-state index in [2.05, 4.69) is 47.0 Å². The van der Waals surface area contributed by atoms with Crippen LogP contribution in [0, 0.1) is 0 Å². The Morgan fingerprint density at radius 1 is 0.944 bits per heavy atom. The second-order valence-corrected chi connectivity index (χ2v) is 16.8. The molecule has 0 rings (SSSR count). The Hall–Kier alpha value is 0.704. The molecular formula is C13H32O2SSi2. The van der Waals surface area contributed by atoms with E-state index >= 15 is 0 Å². The monoisotopic (exact) mass is 308 g/mol. The average Bonchev–Trinajstić information content (AvgIpc) is 2.23. The van der Waals surface area contributed by atoms with Crippen LogP contribution in [0.25, 0.3) is 0 Å². The molecule has 1 atom stereocenters. The van der Waals surface area contributed by atoms with Crippen LogP contribution in [0.1, 0.15) is 27.2 Å². The van der Waals surface area contributed by atoms with E-state index in [0.717, 1.165) is 19.0 Å². The fourth-order valence-electron chi connectivity index (χ4n) is 2.06. The van der Waals surface area contributed by atoms with Crippen LogP contribution in [0.15, 0.2) is 0 Å². The molecule has 0 aromatic carbocycles. The van der Waals surface area contributed by atoms with Gasteiger partial charge in [0, 0.05) is 26.2 Å². The molecule has 5 heteroatoms. The van der Waals surface area contributed by atoms with Crippen molar-refractivity contribution in [2.24, 2.45) is 0 Å². The smallest absolute Gasteiger partial charge is 0.348 e. The van der Waals surface area contributed by atoms with Crippen molar-refractivity contribution in [1.29, 1.82) is 0 Å². The van der Waals surface area contributed by atoms with Gasteiger partial charge in [0.05, 0.1) is 0 Å². The molecular weight excluding hydrogens is 276 g/mol. The van der Waals surface area contributed by atoms with Gasteiger partial charge in [0.2, 0.25) is 0 Å². The van der Waals surface area contributed by atoms with Crippen molar-refractivity contribution in [3.8, 4) is 0 Å². The molecule has 0 saturated carbocycles. The molecule has 0 amide bonds. The summed E-state index contributed by atoms with van der Waals surface area (Å²) < 4.78 is 12.1. The predicted octanol–water partition coefficient (Wildman–Crippen LogP) is 4.52. The van der Waals surface area contributed by atoms with Crippen molar-refractivity contribution in [3.05, 3.63) is 0 Å². The fourth-order valence-corrected chi connectivity index (χ4v) is 8.79. The van der Waals surface area contributed by atoms with Gasteiger partial charge in [-0.25, -0.2) is 0 Å². The van der Waals surface area contributed by atoms with Gasteiger partial charge in [-0.15, -0.1) is 0 Å². The Bertz CT molecular complexity index is 214. The normalized spacial score (nSPS) is 14.8. The summed E-state index contributed by atoms with van der Waals surface area (Å²) in [5, 5.41) is 0. The Morgan fingerprint density at radius 3 is 1.78 bits per heavy atom. The molecule has 18 heavy (non-hydrogen) atoms. The van der Waals surface area contributed by atoms with Crippen molar-refractivity contribution in [1.82, 2.24) is 0 Å². The van der Waals surface area contributed by atoms with Gasteiger partial charge in [0.1, 0.15) is 0 Å². The molecule has 0 aliphatic carbocycles. The van der Waals surface area contributed by atoms with E-state index in [4.69, 9.17) is 8.85 Å². The van der Waals surface area contributed by atoms with Gasteiger partial charge in [-0.2, -0.15) is 11.8 Å². The quantitative estimate of drug-likeness (QED) is 0.553. The van der Waals surface area contributed by atoms with Gasteiger partial charge in [-0.1, -0.05) is 32.6 Å². The first-order chi connectivity index (χ1) is 8.29. The highest BCUT2D eigenvalue weighted by molar-refractivity contribution is 8.01. The van der Waals surface area contributed by atoms with Crippen LogP contribution in [-0.2, 0) is 8.85 Å². The summed E-state index contributed by atoms with van der Waals surface area (Å²) >= 11 is 2.04. The van der Waals surface area contributed by atoms with Gasteiger partial charge in [0.15, 0.2) is 0 Å². The first-order valence-electron chi connectivity index (χ1n) is 7.18. The van der Waals surface area contributed by atoms with Crippen LogP contribution >= 0.6 is 11.8 Å². The molecule has 0 spiro atoms. The highest BCUT2D eigenvalue weighted by atomic mass is 32.2. The summed E-state index contributed by atoms with van der Waals surface area (Å²) in [5.74, 6) is 1.15. The molecule has 0 bridgehead atoms. The van der Waals surface area contributed by atoms with Crippen LogP contribution in [0.2, 0.25) is 32.2 Å². The second-order valence-electron chi connectivity index (χ2n) is 5.93. The summed E-state index contributed by atoms with van der Waals surface area (Å²) in [5.41, 5.74) is 0. The van der Waals surface area contributed by atoms with Gasteiger partial charge < -0.3 is 8.85 Å². The van der Waals surface area contributed by atoms with Gasteiger partial charge >= 0.3 is 8.56 Å². The maximum atomic E-state index is 6.06. The highest BCUT2D eigenvalue weighted by Crippen LogP contribution is 2.30. The van der Waals surface area contributed by atoms with Crippen molar-refractivity contribution in [2.75, 3.05) is 19.0 Å². The van der Waals surface area contributed by atoms with E-state index in [1.165, 1.54) is 12.5 Å². The zero-order chi connectivity index (χ0) is 14.2. The average molecular weight is 309 g/mol. The van der Waals surface area contributed by atoms with E-state index in [-0.39, 0.29) is 0 Å². The third-order valence-electron chi connectivity index (χ3n) is 2.97. The Morgan fingerprint density at radius 2 is 1.44 bits per heavy atom. The predicted molar refractivity (Wildman–Crippen MR) is 89.6 cm³/mol. The Labute approximate surface area is 120 Å². The van der Waals surface area contributed by atoms with Crippen molar-refractivity contribution in [3.63, 3.8) is 0 Å². The number of thioether (sulfide) groups is 1. The molecule has 0 aromatic rings. The summed E-state index contributed by atoms with van der Waals surface area (Å²) in [7, 11) is -2.99. The largest absolute Gasteiger partial charge is 0.394 e. The summed E-state index contributed by atoms with van der Waals surface area (Å²) in [6, 6.07) is 1.37. The standard InChI is InChI=1S/C13H32O2SSi2/c1-8-14-18(7,15-9-2)13(16-10-3)11-12-17(4,5)6/h13H,8-12H2,1-7H3. The molecule has 0 aliphatic heterocycles. The van der Waals surface area contributed by atoms with E-state index in [0.29, 0.717) is 4.87 Å². The van der Waals surface area contributed by atoms with E-state index in [1.807, 2.05) is 11.8 Å². The summed E-state index contributed by atoms with van der Waals surface area (Å²) in [6.45, 7) is 17.5. The molecule has 2 nitrogen and oxygen atoms in total. The van der Waals surface area contributed by atoms with Crippen LogP contribution in [-0.4, -0.2) is 40.5 Å². The fraction of sp³-hybridized carbons (Fsp3) is 1.00. The van der Waals surface area contributed by atoms with Gasteiger partial charge in [-0.3, -0.25) is 0 Å². The first kappa shape index (κ1) is 18.7. The van der Waals surface area contributed by atoms with Crippen LogP contribution in [0.3, 0.4) is 0 Å². The molecule has 0 saturated heterocycles. The lowest BCUT2D eigenvalue weighted by Gasteiger charge is -2.34. The minimum absolute atomic E-state index is 0.578. The molecule has 110 valence electrons. The first-order valence-corrected chi connectivity index (χ1v) is 14.3.